The number of rotatable bonds is 5. The van der Waals surface area contributed by atoms with E-state index in [1.807, 2.05) is 18.7 Å². The van der Waals surface area contributed by atoms with Gasteiger partial charge in [0.25, 0.3) is 0 Å². The van der Waals surface area contributed by atoms with Crippen molar-refractivity contribution in [3.8, 4) is 0 Å². The number of nitrogens with two attached hydrogens (primary N) is 1. The number of nitrogens with zero attached hydrogens (tertiary/aromatic N) is 2. The monoisotopic (exact) mass is 313 g/mol. The number of likely N-dealkylation sites (N-methyl/N-ethyl adjacent to an activating group) is 1. The van der Waals surface area contributed by atoms with E-state index in [9.17, 15) is 4.79 Å². The van der Waals surface area contributed by atoms with Crippen LogP contribution in [0.15, 0.2) is 0 Å². The molecule has 1 fully saturated rings. The van der Waals surface area contributed by atoms with E-state index < -0.39 is 5.41 Å². The third kappa shape index (κ3) is 5.10. The van der Waals surface area contributed by atoms with Gasteiger partial charge in [-0.25, -0.2) is 0 Å². The highest BCUT2D eigenvalue weighted by Crippen LogP contribution is 2.23. The summed E-state index contributed by atoms with van der Waals surface area (Å²) < 4.78 is 0. The van der Waals surface area contributed by atoms with Gasteiger partial charge in [-0.1, -0.05) is 13.8 Å². The SMILES string of the molecule is CCN(CC)C1CCN(C(=O)C(C)(C)CN)C1.Cl.Cl. The Morgan fingerprint density at radius 1 is 1.32 bits per heavy atom. The molecule has 4 nitrogen and oxygen atoms in total. The molecule has 0 aromatic heterocycles. The molecule has 2 N–H and O–H groups in total. The maximum atomic E-state index is 12.3. The van der Waals surface area contributed by atoms with E-state index in [1.165, 1.54) is 0 Å². The summed E-state index contributed by atoms with van der Waals surface area (Å²) in [5.41, 5.74) is 5.25. The van der Waals surface area contributed by atoms with Gasteiger partial charge in [-0.15, -0.1) is 24.8 Å². The quantitative estimate of drug-likeness (QED) is 0.841. The van der Waals surface area contributed by atoms with E-state index in [4.69, 9.17) is 5.73 Å². The van der Waals surface area contributed by atoms with Gasteiger partial charge < -0.3 is 10.6 Å². The number of carbonyl (C=O) groups is 1. The first-order chi connectivity index (χ1) is 7.96. The highest BCUT2D eigenvalue weighted by atomic mass is 35.5. The molecule has 116 valence electrons. The molecule has 1 saturated heterocycles. The fourth-order valence-electron chi connectivity index (χ4n) is 2.48. The molecule has 1 unspecified atom stereocenters. The van der Waals surface area contributed by atoms with Crippen molar-refractivity contribution in [3.63, 3.8) is 0 Å². The molecule has 1 rings (SSSR count). The maximum Gasteiger partial charge on any atom is 0.229 e. The van der Waals surface area contributed by atoms with Crippen molar-refractivity contribution in [1.82, 2.24) is 9.80 Å². The van der Waals surface area contributed by atoms with Gasteiger partial charge in [-0.2, -0.15) is 0 Å². The van der Waals surface area contributed by atoms with Gasteiger partial charge >= 0.3 is 0 Å². The minimum atomic E-state index is -0.419. The zero-order chi connectivity index (χ0) is 13.1. The van der Waals surface area contributed by atoms with Crippen LogP contribution in [0.3, 0.4) is 0 Å². The Labute approximate surface area is 129 Å². The summed E-state index contributed by atoms with van der Waals surface area (Å²) in [6, 6.07) is 0.530. The van der Waals surface area contributed by atoms with Gasteiger partial charge in [0.1, 0.15) is 0 Å². The van der Waals surface area contributed by atoms with Gasteiger partial charge in [0.15, 0.2) is 0 Å². The van der Waals surface area contributed by atoms with E-state index >= 15 is 0 Å². The topological polar surface area (TPSA) is 49.6 Å². The van der Waals surface area contributed by atoms with Crippen LogP contribution in [0.25, 0.3) is 0 Å². The number of amides is 1. The predicted molar refractivity (Wildman–Crippen MR) is 85.2 cm³/mol. The molecule has 0 radical (unpaired) electrons. The van der Waals surface area contributed by atoms with Gasteiger partial charge in [0.2, 0.25) is 5.91 Å². The van der Waals surface area contributed by atoms with Crippen molar-refractivity contribution in [2.24, 2.45) is 11.1 Å². The average molecular weight is 314 g/mol. The summed E-state index contributed by atoms with van der Waals surface area (Å²) in [5.74, 6) is 0.203. The van der Waals surface area contributed by atoms with E-state index in [0.717, 1.165) is 32.6 Å². The first-order valence-corrected chi connectivity index (χ1v) is 6.69. The standard InChI is InChI=1S/C13H27N3O.2ClH/c1-5-15(6-2)11-7-8-16(9-11)12(17)13(3,4)10-14;;/h11H,5-10,14H2,1-4H3;2*1H. The Kier molecular flexibility index (Phi) is 10.1. The normalized spacial score (nSPS) is 19.1. The van der Waals surface area contributed by atoms with Crippen LogP contribution >= 0.6 is 24.8 Å². The molecule has 1 aliphatic heterocycles. The van der Waals surface area contributed by atoms with E-state index in [0.29, 0.717) is 12.6 Å². The average Bonchev–Trinajstić information content (AvgIpc) is 2.79. The zero-order valence-electron chi connectivity index (χ0n) is 12.5. The third-order valence-electron chi connectivity index (χ3n) is 3.87. The lowest BCUT2D eigenvalue weighted by Gasteiger charge is -2.30. The van der Waals surface area contributed by atoms with E-state index in [2.05, 4.69) is 18.7 Å². The Bertz CT molecular complexity index is 271. The van der Waals surface area contributed by atoms with Crippen LogP contribution in [-0.2, 0) is 4.79 Å². The van der Waals surface area contributed by atoms with Crippen LogP contribution in [0.2, 0.25) is 0 Å². The van der Waals surface area contributed by atoms with Gasteiger partial charge in [-0.3, -0.25) is 9.69 Å². The number of hydrogen-bond donors (Lipinski definition) is 1. The van der Waals surface area contributed by atoms with Crippen LogP contribution in [0.5, 0.6) is 0 Å². The first kappa shape index (κ1) is 21.3. The van der Waals surface area contributed by atoms with Crippen LogP contribution < -0.4 is 5.73 Å². The van der Waals surface area contributed by atoms with Crippen LogP contribution in [0, 0.1) is 5.41 Å². The molecule has 0 bridgehead atoms. The number of likely N-dealkylation sites (tertiary alicyclic amines) is 1. The van der Waals surface area contributed by atoms with Crippen LogP contribution in [0.4, 0.5) is 0 Å². The molecule has 0 aromatic rings. The molecule has 1 amide bonds. The number of hydrogen-bond acceptors (Lipinski definition) is 3. The third-order valence-corrected chi connectivity index (χ3v) is 3.87. The number of halogens is 2. The van der Waals surface area contributed by atoms with Crippen molar-refractivity contribution >= 4 is 30.7 Å². The molecule has 0 aromatic carbocycles. The molecule has 1 aliphatic rings. The van der Waals surface area contributed by atoms with Gasteiger partial charge in [0, 0.05) is 25.7 Å². The van der Waals surface area contributed by atoms with Gasteiger partial charge in [-0.05, 0) is 33.4 Å². The molecule has 1 atom stereocenters. The lowest BCUT2D eigenvalue weighted by molar-refractivity contribution is -0.138. The summed E-state index contributed by atoms with van der Waals surface area (Å²) in [5, 5.41) is 0. The fourth-order valence-corrected chi connectivity index (χ4v) is 2.48. The van der Waals surface area contributed by atoms with Crippen molar-refractivity contribution in [2.75, 3.05) is 32.7 Å². The summed E-state index contributed by atoms with van der Waals surface area (Å²) in [6.45, 7) is 12.5. The highest BCUT2D eigenvalue weighted by Gasteiger charge is 2.36. The fraction of sp³-hybridized carbons (Fsp3) is 0.923. The molecule has 1 heterocycles. The van der Waals surface area contributed by atoms with Crippen LogP contribution in [0.1, 0.15) is 34.1 Å². The largest absolute Gasteiger partial charge is 0.341 e. The molecule has 0 spiro atoms. The Morgan fingerprint density at radius 2 is 1.84 bits per heavy atom. The second-order valence-corrected chi connectivity index (χ2v) is 5.50. The molecule has 6 heteroatoms. The Balaban J connectivity index is 0. The van der Waals surface area contributed by atoms with E-state index in [1.54, 1.807) is 0 Å². The van der Waals surface area contributed by atoms with Gasteiger partial charge in [0.05, 0.1) is 5.41 Å². The summed E-state index contributed by atoms with van der Waals surface area (Å²) in [7, 11) is 0. The van der Waals surface area contributed by atoms with Crippen LogP contribution in [-0.4, -0.2) is 54.5 Å². The molecule has 0 saturated carbocycles. The molecule has 19 heavy (non-hydrogen) atoms. The second-order valence-electron chi connectivity index (χ2n) is 5.50. The minimum absolute atomic E-state index is 0. The summed E-state index contributed by atoms with van der Waals surface area (Å²) in [6.07, 6.45) is 1.09. The lowest BCUT2D eigenvalue weighted by Crippen LogP contribution is -2.45. The van der Waals surface area contributed by atoms with Crippen molar-refractivity contribution in [2.45, 2.75) is 40.2 Å². The summed E-state index contributed by atoms with van der Waals surface area (Å²) >= 11 is 0. The Morgan fingerprint density at radius 3 is 2.26 bits per heavy atom. The van der Waals surface area contributed by atoms with Crippen molar-refractivity contribution < 1.29 is 4.79 Å². The van der Waals surface area contributed by atoms with Crippen molar-refractivity contribution in [1.29, 1.82) is 0 Å². The summed E-state index contributed by atoms with van der Waals surface area (Å²) in [4.78, 5) is 16.7. The molecule has 0 aliphatic carbocycles. The zero-order valence-corrected chi connectivity index (χ0v) is 14.1. The first-order valence-electron chi connectivity index (χ1n) is 6.69. The smallest absolute Gasteiger partial charge is 0.229 e. The molecular formula is C13H29Cl2N3O. The van der Waals surface area contributed by atoms with Crippen molar-refractivity contribution in [3.05, 3.63) is 0 Å². The van der Waals surface area contributed by atoms with E-state index in [-0.39, 0.29) is 30.7 Å². The number of carbonyl (C=O) groups excluding carboxylic acids is 1. The highest BCUT2D eigenvalue weighted by molar-refractivity contribution is 5.85. The Hall–Kier alpha value is -0.0300. The maximum absolute atomic E-state index is 12.3. The minimum Gasteiger partial charge on any atom is -0.341 e. The second kappa shape index (κ2) is 9.01. The predicted octanol–water partition coefficient (Wildman–Crippen LogP) is 1.76. The lowest BCUT2D eigenvalue weighted by atomic mass is 9.92. The molecular weight excluding hydrogens is 285 g/mol.